The molecule has 0 saturated carbocycles. The van der Waals surface area contributed by atoms with Crippen LogP contribution in [-0.4, -0.2) is 25.4 Å². The van der Waals surface area contributed by atoms with Gasteiger partial charge in [0, 0.05) is 26.2 Å². The van der Waals surface area contributed by atoms with Gasteiger partial charge < -0.3 is 31.6 Å². The summed E-state index contributed by atoms with van der Waals surface area (Å²) in [5.41, 5.74) is 15.0. The van der Waals surface area contributed by atoms with Crippen LogP contribution in [0.25, 0.3) is 0 Å². The van der Waals surface area contributed by atoms with E-state index in [-0.39, 0.29) is 38.0 Å². The number of hydrogen-bond acceptors (Lipinski definition) is 6. The number of nitrogens with one attached hydrogen (secondary N) is 2. The SMILES string of the molecule is Cl.Cl.NCc1cccc(CNC(=O)OCC#CCOC(=O)NCc2cccc(CN)c2)c1. The van der Waals surface area contributed by atoms with E-state index in [1.165, 1.54) is 0 Å². The van der Waals surface area contributed by atoms with E-state index in [4.69, 9.17) is 20.9 Å². The Bertz CT molecular complexity index is 845. The summed E-state index contributed by atoms with van der Waals surface area (Å²) in [5.74, 6) is 5.22. The molecule has 0 aliphatic carbocycles. The van der Waals surface area contributed by atoms with Crippen molar-refractivity contribution in [2.45, 2.75) is 26.2 Å². The number of alkyl carbamates (subject to hydrolysis) is 2. The largest absolute Gasteiger partial charge is 0.436 e. The molecule has 0 bridgehead atoms. The maximum atomic E-state index is 11.6. The van der Waals surface area contributed by atoms with Crippen LogP contribution in [0.15, 0.2) is 48.5 Å². The summed E-state index contributed by atoms with van der Waals surface area (Å²) in [6, 6.07) is 15.2. The lowest BCUT2D eigenvalue weighted by Gasteiger charge is -2.06. The highest BCUT2D eigenvalue weighted by Gasteiger charge is 2.02. The van der Waals surface area contributed by atoms with E-state index in [0.29, 0.717) is 26.2 Å². The van der Waals surface area contributed by atoms with Crippen molar-refractivity contribution in [3.8, 4) is 11.8 Å². The summed E-state index contributed by atoms with van der Waals surface area (Å²) in [5, 5.41) is 5.25. The molecule has 0 fully saturated rings. The number of rotatable bonds is 8. The van der Waals surface area contributed by atoms with Crippen molar-refractivity contribution >= 4 is 37.0 Å². The van der Waals surface area contributed by atoms with Crippen LogP contribution in [0.4, 0.5) is 9.59 Å². The zero-order valence-electron chi connectivity index (χ0n) is 17.5. The Kier molecular flexibility index (Phi) is 15.2. The Morgan fingerprint density at radius 1 is 0.719 bits per heavy atom. The Labute approximate surface area is 200 Å². The second-order valence-electron chi connectivity index (χ2n) is 6.26. The molecule has 32 heavy (non-hydrogen) atoms. The Morgan fingerprint density at radius 3 is 1.47 bits per heavy atom. The average molecular weight is 483 g/mol. The van der Waals surface area contributed by atoms with Crippen molar-refractivity contribution in [2.24, 2.45) is 11.5 Å². The molecule has 174 valence electrons. The van der Waals surface area contributed by atoms with Gasteiger partial charge in [-0.15, -0.1) is 24.8 Å². The summed E-state index contributed by atoms with van der Waals surface area (Å²) in [4.78, 5) is 23.3. The van der Waals surface area contributed by atoms with Gasteiger partial charge in [-0.3, -0.25) is 0 Å². The van der Waals surface area contributed by atoms with E-state index in [0.717, 1.165) is 22.3 Å². The van der Waals surface area contributed by atoms with E-state index < -0.39 is 12.2 Å². The summed E-state index contributed by atoms with van der Waals surface area (Å²) in [6.45, 7) is 1.33. The van der Waals surface area contributed by atoms with Crippen LogP contribution in [0.3, 0.4) is 0 Å². The van der Waals surface area contributed by atoms with Gasteiger partial charge in [0.15, 0.2) is 13.2 Å². The van der Waals surface area contributed by atoms with E-state index in [2.05, 4.69) is 22.5 Å². The topological polar surface area (TPSA) is 129 Å². The number of amides is 2. The number of benzene rings is 2. The average Bonchev–Trinajstić information content (AvgIpc) is 2.78. The third-order valence-electron chi connectivity index (χ3n) is 4.00. The maximum absolute atomic E-state index is 11.6. The van der Waals surface area contributed by atoms with Crippen LogP contribution in [0, 0.1) is 11.8 Å². The highest BCUT2D eigenvalue weighted by atomic mass is 35.5. The van der Waals surface area contributed by atoms with Gasteiger partial charge in [0.1, 0.15) is 0 Å². The van der Waals surface area contributed by atoms with Crippen LogP contribution in [0.5, 0.6) is 0 Å². The van der Waals surface area contributed by atoms with Gasteiger partial charge in [0.2, 0.25) is 0 Å². The zero-order valence-corrected chi connectivity index (χ0v) is 19.1. The molecule has 0 aliphatic rings. The Morgan fingerprint density at radius 2 is 1.09 bits per heavy atom. The van der Waals surface area contributed by atoms with Crippen LogP contribution < -0.4 is 22.1 Å². The summed E-state index contributed by atoms with van der Waals surface area (Å²) >= 11 is 0. The number of ether oxygens (including phenoxy) is 2. The molecular weight excluding hydrogens is 455 g/mol. The molecular formula is C22H28Cl2N4O4. The predicted molar refractivity (Wildman–Crippen MR) is 127 cm³/mol. The van der Waals surface area contributed by atoms with Crippen LogP contribution in [0.1, 0.15) is 22.3 Å². The van der Waals surface area contributed by atoms with E-state index in [1.54, 1.807) is 0 Å². The van der Waals surface area contributed by atoms with Gasteiger partial charge >= 0.3 is 12.2 Å². The van der Waals surface area contributed by atoms with E-state index in [1.807, 2.05) is 48.5 Å². The van der Waals surface area contributed by atoms with Crippen molar-refractivity contribution in [2.75, 3.05) is 13.2 Å². The minimum Gasteiger partial charge on any atom is -0.436 e. The summed E-state index contributed by atoms with van der Waals surface area (Å²) in [6.07, 6.45) is -1.17. The molecule has 2 aromatic carbocycles. The van der Waals surface area contributed by atoms with Gasteiger partial charge in [-0.25, -0.2) is 9.59 Å². The van der Waals surface area contributed by atoms with E-state index >= 15 is 0 Å². The smallest absolute Gasteiger partial charge is 0.408 e. The zero-order chi connectivity index (χ0) is 21.6. The third kappa shape index (κ3) is 11.4. The number of halogens is 2. The fourth-order valence-corrected chi connectivity index (χ4v) is 2.49. The predicted octanol–water partition coefficient (Wildman–Crippen LogP) is 2.60. The molecule has 0 heterocycles. The van der Waals surface area contributed by atoms with Crippen molar-refractivity contribution in [1.29, 1.82) is 0 Å². The molecule has 8 nitrogen and oxygen atoms in total. The first-order chi connectivity index (χ1) is 14.6. The van der Waals surface area contributed by atoms with Crippen molar-refractivity contribution in [1.82, 2.24) is 10.6 Å². The van der Waals surface area contributed by atoms with Crippen molar-refractivity contribution in [3.63, 3.8) is 0 Å². The summed E-state index contributed by atoms with van der Waals surface area (Å²) in [7, 11) is 0. The molecule has 0 unspecified atom stereocenters. The fraction of sp³-hybridized carbons (Fsp3) is 0.273. The molecule has 0 radical (unpaired) electrons. The Hall–Kier alpha value is -2.96. The van der Waals surface area contributed by atoms with Crippen LogP contribution in [-0.2, 0) is 35.7 Å². The van der Waals surface area contributed by atoms with Gasteiger partial charge in [-0.2, -0.15) is 0 Å². The minimum absolute atomic E-state index is 0. The number of carbonyl (C=O) groups excluding carboxylic acids is 2. The van der Waals surface area contributed by atoms with Gasteiger partial charge in [-0.05, 0) is 22.3 Å². The van der Waals surface area contributed by atoms with Gasteiger partial charge in [0.25, 0.3) is 0 Å². The lowest BCUT2D eigenvalue weighted by molar-refractivity contribution is 0.156. The monoisotopic (exact) mass is 482 g/mol. The normalized spacial score (nSPS) is 9.19. The molecule has 2 amide bonds. The van der Waals surface area contributed by atoms with E-state index in [9.17, 15) is 9.59 Å². The van der Waals surface area contributed by atoms with Gasteiger partial charge in [0.05, 0.1) is 0 Å². The molecule has 6 N–H and O–H groups in total. The molecule has 2 aromatic rings. The standard InChI is InChI=1S/C22H26N4O4.2ClH/c23-13-17-5-3-7-19(11-17)15-25-21(27)29-9-1-2-10-30-22(28)26-16-20-8-4-6-18(12-20)14-24;;/h3-8,11-12H,9-10,13-16,23-24H2,(H,25,27)(H,26,28);2*1H. The third-order valence-corrected chi connectivity index (χ3v) is 4.00. The number of nitrogens with two attached hydrogens (primary N) is 2. The maximum Gasteiger partial charge on any atom is 0.408 e. The second kappa shape index (κ2) is 16.7. The van der Waals surface area contributed by atoms with Crippen LogP contribution in [0.2, 0.25) is 0 Å². The lowest BCUT2D eigenvalue weighted by atomic mass is 10.1. The molecule has 2 rings (SSSR count). The molecule has 0 atom stereocenters. The highest BCUT2D eigenvalue weighted by Crippen LogP contribution is 2.05. The number of carbonyl (C=O) groups is 2. The first kappa shape index (κ1) is 29.0. The molecule has 10 heteroatoms. The number of hydrogen-bond donors (Lipinski definition) is 4. The molecule has 0 spiro atoms. The molecule has 0 aliphatic heterocycles. The molecule has 0 aromatic heterocycles. The summed E-state index contributed by atoms with van der Waals surface area (Å²) < 4.78 is 9.88. The molecule has 0 saturated heterocycles. The van der Waals surface area contributed by atoms with Crippen LogP contribution >= 0.6 is 24.8 Å². The minimum atomic E-state index is -0.583. The fourth-order valence-electron chi connectivity index (χ4n) is 2.49. The first-order valence-corrected chi connectivity index (χ1v) is 9.43. The lowest BCUT2D eigenvalue weighted by Crippen LogP contribution is -2.24. The highest BCUT2D eigenvalue weighted by molar-refractivity contribution is 5.85. The quantitative estimate of drug-likeness (QED) is 0.428. The van der Waals surface area contributed by atoms with Crippen molar-refractivity contribution < 1.29 is 19.1 Å². The van der Waals surface area contributed by atoms with Crippen molar-refractivity contribution in [3.05, 3.63) is 70.8 Å². The van der Waals surface area contributed by atoms with Gasteiger partial charge in [-0.1, -0.05) is 60.4 Å². The second-order valence-corrected chi connectivity index (χ2v) is 6.26. The first-order valence-electron chi connectivity index (χ1n) is 9.43. The Balaban J connectivity index is 0.00000480.